The highest BCUT2D eigenvalue weighted by atomic mass is 35.5. The third-order valence-corrected chi connectivity index (χ3v) is 4.53. The minimum atomic E-state index is -0.159. The molecule has 0 bridgehead atoms. The first kappa shape index (κ1) is 12.9. The molecule has 1 saturated heterocycles. The van der Waals surface area contributed by atoms with E-state index in [1.807, 2.05) is 0 Å². The Morgan fingerprint density at radius 1 is 1.00 bits per heavy atom. The molecule has 5 heteroatoms. The van der Waals surface area contributed by atoms with Gasteiger partial charge in [-0.25, -0.2) is 4.90 Å². The summed E-state index contributed by atoms with van der Waals surface area (Å²) in [5, 5.41) is 0.832. The molecule has 2 atom stereocenters. The molecule has 1 heterocycles. The fourth-order valence-corrected chi connectivity index (χ4v) is 3.56. The summed E-state index contributed by atoms with van der Waals surface area (Å²) in [6.45, 7) is 0. The van der Waals surface area contributed by atoms with Crippen LogP contribution in [0.5, 0.6) is 0 Å². The lowest BCUT2D eigenvalue weighted by molar-refractivity contribution is -0.122. The highest BCUT2D eigenvalue weighted by Gasteiger charge is 2.49. The highest BCUT2D eigenvalue weighted by Crippen LogP contribution is 2.42. The first-order valence-electron chi connectivity index (χ1n) is 6.42. The van der Waals surface area contributed by atoms with Crippen LogP contribution in [0.2, 0.25) is 10.0 Å². The van der Waals surface area contributed by atoms with Gasteiger partial charge in [0.15, 0.2) is 0 Å². The van der Waals surface area contributed by atoms with Crippen LogP contribution in [0.15, 0.2) is 18.2 Å². The Balaban J connectivity index is 2.00. The Morgan fingerprint density at radius 3 is 2.11 bits per heavy atom. The number of imide groups is 1. The molecular formula is C14H13Cl2NO2. The average molecular weight is 298 g/mol. The first-order valence-corrected chi connectivity index (χ1v) is 7.18. The van der Waals surface area contributed by atoms with Gasteiger partial charge in [-0.2, -0.15) is 0 Å². The van der Waals surface area contributed by atoms with Gasteiger partial charge in [0, 0.05) is 5.02 Å². The highest BCUT2D eigenvalue weighted by molar-refractivity contribution is 6.38. The van der Waals surface area contributed by atoms with Gasteiger partial charge in [0.25, 0.3) is 0 Å². The zero-order valence-electron chi connectivity index (χ0n) is 10.2. The lowest BCUT2D eigenvalue weighted by Crippen LogP contribution is -2.31. The molecule has 1 aromatic carbocycles. The Hall–Kier alpha value is -1.06. The van der Waals surface area contributed by atoms with Crippen molar-refractivity contribution in [3.63, 3.8) is 0 Å². The van der Waals surface area contributed by atoms with Gasteiger partial charge in [-0.1, -0.05) is 36.0 Å². The van der Waals surface area contributed by atoms with Crippen LogP contribution in [0, 0.1) is 11.8 Å². The monoisotopic (exact) mass is 297 g/mol. The van der Waals surface area contributed by atoms with Gasteiger partial charge in [-0.3, -0.25) is 9.59 Å². The van der Waals surface area contributed by atoms with Crippen LogP contribution in [0.25, 0.3) is 0 Å². The molecule has 2 amide bonds. The van der Waals surface area contributed by atoms with Crippen molar-refractivity contribution in [2.75, 3.05) is 4.90 Å². The van der Waals surface area contributed by atoms with Gasteiger partial charge in [0.2, 0.25) is 11.8 Å². The summed E-state index contributed by atoms with van der Waals surface area (Å²) in [5.74, 6) is -0.543. The second-order valence-corrected chi connectivity index (χ2v) is 5.95. The summed E-state index contributed by atoms with van der Waals surface area (Å²) in [7, 11) is 0. The number of fused-ring (bicyclic) bond motifs is 1. The zero-order valence-corrected chi connectivity index (χ0v) is 11.7. The number of halogens is 2. The predicted molar refractivity (Wildman–Crippen MR) is 74.4 cm³/mol. The lowest BCUT2D eigenvalue weighted by atomic mass is 9.81. The van der Waals surface area contributed by atoms with Crippen LogP contribution in [-0.4, -0.2) is 11.8 Å². The van der Waals surface area contributed by atoms with E-state index in [2.05, 4.69) is 0 Å². The Bertz CT molecular complexity index is 534. The summed E-state index contributed by atoms with van der Waals surface area (Å²) in [5.41, 5.74) is 0.454. The number of hydrogen-bond acceptors (Lipinski definition) is 2. The standard InChI is InChI=1S/C14H13Cl2NO2/c15-8-5-6-12(11(16)7-8)17-13(18)9-3-1-2-4-10(9)14(17)19/h5-7,9-10H,1-4H2. The molecule has 2 unspecified atom stereocenters. The van der Waals surface area contributed by atoms with Crippen LogP contribution in [0.1, 0.15) is 25.7 Å². The number of nitrogens with zero attached hydrogens (tertiary/aromatic N) is 1. The molecule has 3 nitrogen and oxygen atoms in total. The largest absolute Gasteiger partial charge is 0.274 e. The van der Waals surface area contributed by atoms with E-state index in [1.54, 1.807) is 18.2 Å². The maximum absolute atomic E-state index is 12.4. The van der Waals surface area contributed by atoms with E-state index in [0.717, 1.165) is 25.7 Å². The summed E-state index contributed by atoms with van der Waals surface area (Å²) in [6, 6.07) is 4.84. The van der Waals surface area contributed by atoms with Crippen LogP contribution in [-0.2, 0) is 9.59 Å². The topological polar surface area (TPSA) is 37.4 Å². The third-order valence-electron chi connectivity index (χ3n) is 3.99. The SMILES string of the molecule is O=C1C2CCCCC2C(=O)N1c1ccc(Cl)cc1Cl. The quantitative estimate of drug-likeness (QED) is 0.742. The summed E-state index contributed by atoms with van der Waals surface area (Å²) >= 11 is 12.0. The van der Waals surface area contributed by atoms with Crippen molar-refractivity contribution in [3.05, 3.63) is 28.2 Å². The fraction of sp³-hybridized carbons (Fsp3) is 0.429. The third kappa shape index (κ3) is 2.05. The van der Waals surface area contributed by atoms with E-state index in [0.29, 0.717) is 15.7 Å². The van der Waals surface area contributed by atoms with Crippen LogP contribution in [0.4, 0.5) is 5.69 Å². The van der Waals surface area contributed by atoms with Gasteiger partial charge in [-0.05, 0) is 31.0 Å². The van der Waals surface area contributed by atoms with E-state index in [-0.39, 0.29) is 23.7 Å². The molecular weight excluding hydrogens is 285 g/mol. The van der Waals surface area contributed by atoms with Crippen molar-refractivity contribution in [2.24, 2.45) is 11.8 Å². The molecule has 1 aliphatic carbocycles. The van der Waals surface area contributed by atoms with Gasteiger partial charge >= 0.3 is 0 Å². The van der Waals surface area contributed by atoms with Crippen molar-refractivity contribution in [2.45, 2.75) is 25.7 Å². The maximum Gasteiger partial charge on any atom is 0.237 e. The van der Waals surface area contributed by atoms with E-state index in [4.69, 9.17) is 23.2 Å². The molecule has 0 aromatic heterocycles. The Kier molecular flexibility index (Phi) is 3.27. The zero-order chi connectivity index (χ0) is 13.6. The summed E-state index contributed by atoms with van der Waals surface area (Å²) in [6.07, 6.45) is 3.64. The molecule has 0 spiro atoms. The van der Waals surface area contributed by atoms with Gasteiger partial charge in [-0.15, -0.1) is 0 Å². The van der Waals surface area contributed by atoms with E-state index in [9.17, 15) is 9.59 Å². The number of hydrogen-bond donors (Lipinski definition) is 0. The molecule has 1 aromatic rings. The number of rotatable bonds is 1. The summed E-state index contributed by atoms with van der Waals surface area (Å²) in [4.78, 5) is 26.1. The number of benzene rings is 1. The smallest absolute Gasteiger partial charge is 0.237 e. The molecule has 2 fully saturated rings. The minimum Gasteiger partial charge on any atom is -0.274 e. The number of carbonyl (C=O) groups excluding carboxylic acids is 2. The fourth-order valence-electron chi connectivity index (χ4n) is 3.06. The van der Waals surface area contributed by atoms with Crippen molar-refractivity contribution in [1.82, 2.24) is 0 Å². The maximum atomic E-state index is 12.4. The molecule has 0 N–H and O–H groups in total. The molecule has 1 aliphatic heterocycles. The average Bonchev–Trinajstić information content (AvgIpc) is 2.64. The van der Waals surface area contributed by atoms with Crippen LogP contribution < -0.4 is 4.90 Å². The molecule has 1 saturated carbocycles. The van der Waals surface area contributed by atoms with E-state index < -0.39 is 0 Å². The van der Waals surface area contributed by atoms with Crippen molar-refractivity contribution >= 4 is 40.7 Å². The van der Waals surface area contributed by atoms with E-state index >= 15 is 0 Å². The molecule has 100 valence electrons. The second kappa shape index (κ2) is 4.80. The minimum absolute atomic E-state index is 0.112. The molecule has 2 aliphatic rings. The number of anilines is 1. The predicted octanol–water partition coefficient (Wildman–Crippen LogP) is 3.67. The van der Waals surface area contributed by atoms with Crippen LogP contribution >= 0.6 is 23.2 Å². The molecule has 19 heavy (non-hydrogen) atoms. The second-order valence-electron chi connectivity index (χ2n) is 5.11. The first-order chi connectivity index (χ1) is 9.09. The Morgan fingerprint density at radius 2 is 1.58 bits per heavy atom. The number of carbonyl (C=O) groups is 2. The number of amides is 2. The van der Waals surface area contributed by atoms with E-state index in [1.165, 1.54) is 4.90 Å². The van der Waals surface area contributed by atoms with Crippen molar-refractivity contribution in [3.8, 4) is 0 Å². The van der Waals surface area contributed by atoms with Crippen molar-refractivity contribution in [1.29, 1.82) is 0 Å². The van der Waals surface area contributed by atoms with Crippen LogP contribution in [0.3, 0.4) is 0 Å². The normalized spacial score (nSPS) is 26.7. The summed E-state index contributed by atoms with van der Waals surface area (Å²) < 4.78 is 0. The molecule has 3 rings (SSSR count). The molecule has 0 radical (unpaired) electrons. The van der Waals surface area contributed by atoms with Crippen molar-refractivity contribution < 1.29 is 9.59 Å². The van der Waals surface area contributed by atoms with Gasteiger partial charge in [0.05, 0.1) is 22.5 Å². The van der Waals surface area contributed by atoms with Gasteiger partial charge in [0.1, 0.15) is 0 Å². The Labute approximate surface area is 121 Å². The van der Waals surface area contributed by atoms with Gasteiger partial charge < -0.3 is 0 Å². The lowest BCUT2D eigenvalue weighted by Gasteiger charge is -2.19.